The number of hydrogen-bond acceptors (Lipinski definition) is 4. The van der Waals surface area contributed by atoms with Crippen LogP contribution in [0, 0.1) is 5.82 Å². The van der Waals surface area contributed by atoms with E-state index in [0.717, 1.165) is 6.07 Å². The summed E-state index contributed by atoms with van der Waals surface area (Å²) in [6.45, 7) is 0.541. The summed E-state index contributed by atoms with van der Waals surface area (Å²) in [6.07, 6.45) is 1.14. The van der Waals surface area contributed by atoms with Crippen molar-refractivity contribution >= 4 is 0 Å². The number of halogens is 1. The molecule has 0 saturated carbocycles. The van der Waals surface area contributed by atoms with E-state index in [9.17, 15) is 9.50 Å². The fourth-order valence-electron chi connectivity index (χ4n) is 1.58. The van der Waals surface area contributed by atoms with E-state index in [1.165, 1.54) is 0 Å². The summed E-state index contributed by atoms with van der Waals surface area (Å²) in [5.41, 5.74) is 5.80. The predicted molar refractivity (Wildman–Crippen MR) is 51.6 cm³/mol. The Kier molecular flexibility index (Phi) is 2.64. The van der Waals surface area contributed by atoms with Crippen molar-refractivity contribution < 1.29 is 19.0 Å². The summed E-state index contributed by atoms with van der Waals surface area (Å²) >= 11 is 0. The van der Waals surface area contributed by atoms with Crippen LogP contribution in [0.3, 0.4) is 0 Å². The van der Waals surface area contributed by atoms with Crippen molar-refractivity contribution in [1.82, 2.24) is 0 Å². The molecule has 1 heterocycles. The summed E-state index contributed by atoms with van der Waals surface area (Å²) in [5.74, 6) is -0.279. The van der Waals surface area contributed by atoms with Gasteiger partial charge in [-0.3, -0.25) is 0 Å². The number of aromatic hydroxyl groups is 1. The van der Waals surface area contributed by atoms with Crippen LogP contribution in [0.15, 0.2) is 6.07 Å². The first kappa shape index (κ1) is 10.0. The van der Waals surface area contributed by atoms with Gasteiger partial charge in [-0.1, -0.05) is 0 Å². The van der Waals surface area contributed by atoms with Crippen LogP contribution in [0.5, 0.6) is 17.2 Å². The molecule has 15 heavy (non-hydrogen) atoms. The van der Waals surface area contributed by atoms with Crippen LogP contribution < -0.4 is 15.2 Å². The SMILES string of the molecule is NCCCc1c(O)c(F)cc2c1OCO2. The van der Waals surface area contributed by atoms with Crippen molar-refractivity contribution in [3.63, 3.8) is 0 Å². The Morgan fingerprint density at radius 3 is 3.00 bits per heavy atom. The van der Waals surface area contributed by atoms with Gasteiger partial charge >= 0.3 is 0 Å². The zero-order valence-electron chi connectivity index (χ0n) is 8.12. The van der Waals surface area contributed by atoms with Gasteiger partial charge in [-0.05, 0) is 19.4 Å². The van der Waals surface area contributed by atoms with E-state index in [1.54, 1.807) is 0 Å². The van der Waals surface area contributed by atoms with Gasteiger partial charge < -0.3 is 20.3 Å². The molecule has 1 aliphatic heterocycles. The molecule has 5 heteroatoms. The first-order valence-corrected chi connectivity index (χ1v) is 4.74. The third kappa shape index (κ3) is 1.70. The third-order valence-electron chi connectivity index (χ3n) is 2.32. The lowest BCUT2D eigenvalue weighted by Gasteiger charge is -2.08. The average molecular weight is 213 g/mol. The van der Waals surface area contributed by atoms with Crippen LogP contribution in [0.4, 0.5) is 4.39 Å². The van der Waals surface area contributed by atoms with Gasteiger partial charge in [0.2, 0.25) is 6.79 Å². The number of benzene rings is 1. The van der Waals surface area contributed by atoms with Gasteiger partial charge in [0, 0.05) is 11.6 Å². The molecule has 1 aromatic rings. The van der Waals surface area contributed by atoms with Crippen LogP contribution in [-0.2, 0) is 6.42 Å². The van der Waals surface area contributed by atoms with Crippen LogP contribution in [-0.4, -0.2) is 18.4 Å². The maximum Gasteiger partial charge on any atom is 0.231 e. The van der Waals surface area contributed by atoms with E-state index in [-0.39, 0.29) is 12.5 Å². The predicted octanol–water partition coefficient (Wildman–Crippen LogP) is 1.15. The number of fused-ring (bicyclic) bond motifs is 1. The van der Waals surface area contributed by atoms with Crippen LogP contribution >= 0.6 is 0 Å². The Bertz CT molecular complexity index is 381. The molecule has 0 spiro atoms. The number of phenolic OH excluding ortho intramolecular Hbond substituents is 1. The molecule has 1 aromatic carbocycles. The number of hydrogen-bond donors (Lipinski definition) is 2. The lowest BCUT2D eigenvalue weighted by Crippen LogP contribution is -2.02. The summed E-state index contributed by atoms with van der Waals surface area (Å²) in [7, 11) is 0. The fourth-order valence-corrected chi connectivity index (χ4v) is 1.58. The van der Waals surface area contributed by atoms with E-state index in [0.29, 0.717) is 36.4 Å². The Balaban J connectivity index is 2.41. The molecule has 0 amide bonds. The number of ether oxygens (including phenoxy) is 2. The van der Waals surface area contributed by atoms with Crippen molar-refractivity contribution in [3.05, 3.63) is 17.4 Å². The van der Waals surface area contributed by atoms with E-state index in [4.69, 9.17) is 15.2 Å². The average Bonchev–Trinajstić information content (AvgIpc) is 2.66. The van der Waals surface area contributed by atoms with Crippen molar-refractivity contribution in [2.75, 3.05) is 13.3 Å². The van der Waals surface area contributed by atoms with Crippen LogP contribution in [0.1, 0.15) is 12.0 Å². The molecule has 3 N–H and O–H groups in total. The minimum Gasteiger partial charge on any atom is -0.505 e. The van der Waals surface area contributed by atoms with Gasteiger partial charge in [0.15, 0.2) is 23.1 Å². The maximum absolute atomic E-state index is 13.2. The largest absolute Gasteiger partial charge is 0.505 e. The molecule has 0 fully saturated rings. The topological polar surface area (TPSA) is 64.7 Å². The molecule has 0 aliphatic carbocycles. The molecular formula is C10H12FNO3. The summed E-state index contributed by atoms with van der Waals surface area (Å²) < 4.78 is 23.5. The molecule has 0 unspecified atom stereocenters. The van der Waals surface area contributed by atoms with E-state index in [1.807, 2.05) is 0 Å². The molecule has 2 rings (SSSR count). The van der Waals surface area contributed by atoms with Gasteiger partial charge in [-0.25, -0.2) is 4.39 Å². The van der Waals surface area contributed by atoms with E-state index < -0.39 is 5.82 Å². The second kappa shape index (κ2) is 3.94. The lowest BCUT2D eigenvalue weighted by molar-refractivity contribution is 0.173. The third-order valence-corrected chi connectivity index (χ3v) is 2.32. The first-order valence-electron chi connectivity index (χ1n) is 4.74. The Labute approximate surface area is 86.4 Å². The highest BCUT2D eigenvalue weighted by Gasteiger charge is 2.23. The van der Waals surface area contributed by atoms with E-state index >= 15 is 0 Å². The standard InChI is InChI=1S/C10H12FNO3/c11-7-4-8-10(15-5-14-8)6(9(7)13)2-1-3-12/h4,13H,1-3,5,12H2. The number of nitrogens with two attached hydrogens (primary N) is 1. The van der Waals surface area contributed by atoms with Gasteiger partial charge in [0.1, 0.15) is 0 Å². The molecule has 0 atom stereocenters. The molecular weight excluding hydrogens is 201 g/mol. The highest BCUT2D eigenvalue weighted by atomic mass is 19.1. The minimum absolute atomic E-state index is 0.0633. The summed E-state index contributed by atoms with van der Waals surface area (Å²) in [6, 6.07) is 1.13. The fraction of sp³-hybridized carbons (Fsp3) is 0.400. The lowest BCUT2D eigenvalue weighted by atomic mass is 10.1. The molecule has 0 bridgehead atoms. The van der Waals surface area contributed by atoms with Crippen LogP contribution in [0.25, 0.3) is 0 Å². The molecule has 82 valence electrons. The van der Waals surface area contributed by atoms with E-state index in [2.05, 4.69) is 0 Å². The molecule has 4 nitrogen and oxygen atoms in total. The number of phenols is 1. The van der Waals surface area contributed by atoms with Gasteiger partial charge in [-0.15, -0.1) is 0 Å². The normalized spacial score (nSPS) is 13.2. The minimum atomic E-state index is -0.689. The maximum atomic E-state index is 13.2. The van der Waals surface area contributed by atoms with Gasteiger partial charge in [-0.2, -0.15) is 0 Å². The first-order chi connectivity index (χ1) is 7.24. The van der Waals surface area contributed by atoms with Crippen molar-refractivity contribution in [1.29, 1.82) is 0 Å². The quantitative estimate of drug-likeness (QED) is 0.790. The summed E-state index contributed by atoms with van der Waals surface area (Å²) in [5, 5.41) is 9.54. The van der Waals surface area contributed by atoms with Gasteiger partial charge in [0.05, 0.1) is 0 Å². The summed E-state index contributed by atoms with van der Waals surface area (Å²) in [4.78, 5) is 0. The second-order valence-corrected chi connectivity index (χ2v) is 3.31. The highest BCUT2D eigenvalue weighted by Crippen LogP contribution is 2.42. The van der Waals surface area contributed by atoms with Crippen molar-refractivity contribution in [3.8, 4) is 17.2 Å². The molecule has 0 radical (unpaired) electrons. The monoisotopic (exact) mass is 213 g/mol. The molecule has 0 aromatic heterocycles. The second-order valence-electron chi connectivity index (χ2n) is 3.31. The van der Waals surface area contributed by atoms with Crippen LogP contribution in [0.2, 0.25) is 0 Å². The highest BCUT2D eigenvalue weighted by molar-refractivity contribution is 5.55. The van der Waals surface area contributed by atoms with Crippen molar-refractivity contribution in [2.24, 2.45) is 5.73 Å². The zero-order valence-corrected chi connectivity index (χ0v) is 8.12. The Morgan fingerprint density at radius 2 is 2.27 bits per heavy atom. The molecule has 0 saturated heterocycles. The van der Waals surface area contributed by atoms with Gasteiger partial charge in [0.25, 0.3) is 0 Å². The van der Waals surface area contributed by atoms with Crippen molar-refractivity contribution in [2.45, 2.75) is 12.8 Å². The zero-order chi connectivity index (χ0) is 10.8. The Morgan fingerprint density at radius 1 is 1.47 bits per heavy atom. The Hall–Kier alpha value is -1.49. The smallest absolute Gasteiger partial charge is 0.231 e. The molecule has 1 aliphatic rings. The number of rotatable bonds is 3.